The second-order valence-electron chi connectivity index (χ2n) is 3.91. The molecule has 80 valence electrons. The van der Waals surface area contributed by atoms with Gasteiger partial charge in [0.2, 0.25) is 0 Å². The predicted octanol–water partition coefficient (Wildman–Crippen LogP) is 1.66. The summed E-state index contributed by atoms with van der Waals surface area (Å²) in [6.07, 6.45) is 0. The Bertz CT molecular complexity index is 485. The van der Waals surface area contributed by atoms with E-state index >= 15 is 0 Å². The van der Waals surface area contributed by atoms with Gasteiger partial charge in [-0.05, 0) is 26.0 Å². The summed E-state index contributed by atoms with van der Waals surface area (Å²) in [7, 11) is 0. The number of benzene rings is 1. The van der Waals surface area contributed by atoms with E-state index in [0.717, 1.165) is 22.5 Å². The van der Waals surface area contributed by atoms with E-state index in [4.69, 9.17) is 11.5 Å². The summed E-state index contributed by atoms with van der Waals surface area (Å²) in [6.45, 7) is 4.64. The van der Waals surface area contributed by atoms with Gasteiger partial charge in [-0.15, -0.1) is 0 Å². The first kappa shape index (κ1) is 9.98. The Labute approximate surface area is 88.9 Å². The lowest BCUT2D eigenvalue weighted by molar-refractivity contribution is 0.586. The first-order valence-corrected chi connectivity index (χ1v) is 5.10. The van der Waals surface area contributed by atoms with Crippen LogP contribution in [0.2, 0.25) is 0 Å². The Balaban J connectivity index is 2.82. The van der Waals surface area contributed by atoms with Gasteiger partial charge in [0.1, 0.15) is 5.82 Å². The molecule has 0 radical (unpaired) electrons. The lowest BCUT2D eigenvalue weighted by Gasteiger charge is -2.12. The molecule has 2 rings (SSSR count). The smallest absolute Gasteiger partial charge is 0.123 e. The van der Waals surface area contributed by atoms with Gasteiger partial charge in [-0.3, -0.25) is 0 Å². The molecule has 0 spiro atoms. The monoisotopic (exact) mass is 204 g/mol. The molecular formula is C11H16N4. The van der Waals surface area contributed by atoms with E-state index < -0.39 is 0 Å². The Kier molecular flexibility index (Phi) is 2.36. The van der Waals surface area contributed by atoms with E-state index in [9.17, 15) is 0 Å². The van der Waals surface area contributed by atoms with Crippen LogP contribution in [0, 0.1) is 0 Å². The fourth-order valence-electron chi connectivity index (χ4n) is 1.92. The van der Waals surface area contributed by atoms with Gasteiger partial charge < -0.3 is 16.0 Å². The zero-order valence-electron chi connectivity index (χ0n) is 9.07. The van der Waals surface area contributed by atoms with E-state index in [1.165, 1.54) is 0 Å². The number of nitrogens with zero attached hydrogens (tertiary/aromatic N) is 2. The molecule has 0 aliphatic carbocycles. The van der Waals surface area contributed by atoms with Crippen molar-refractivity contribution in [2.75, 3.05) is 5.73 Å². The summed E-state index contributed by atoms with van der Waals surface area (Å²) in [5.74, 6) is 0.887. The third kappa shape index (κ3) is 1.47. The van der Waals surface area contributed by atoms with Crippen molar-refractivity contribution in [3.63, 3.8) is 0 Å². The second kappa shape index (κ2) is 3.55. The van der Waals surface area contributed by atoms with E-state index in [0.29, 0.717) is 12.6 Å². The zero-order valence-corrected chi connectivity index (χ0v) is 9.07. The Hall–Kier alpha value is -1.55. The van der Waals surface area contributed by atoms with Crippen LogP contribution < -0.4 is 11.5 Å². The summed E-state index contributed by atoms with van der Waals surface area (Å²) in [5, 5.41) is 0. The summed E-state index contributed by atoms with van der Waals surface area (Å²) in [5.41, 5.74) is 14.3. The summed E-state index contributed by atoms with van der Waals surface area (Å²) in [6, 6.07) is 6.08. The van der Waals surface area contributed by atoms with Gasteiger partial charge in [-0.2, -0.15) is 0 Å². The van der Waals surface area contributed by atoms with Crippen LogP contribution in [0.1, 0.15) is 25.7 Å². The van der Waals surface area contributed by atoms with Crippen molar-refractivity contribution in [3.8, 4) is 0 Å². The molecule has 0 saturated carbocycles. The topological polar surface area (TPSA) is 69.9 Å². The molecule has 0 aliphatic rings. The minimum absolute atomic E-state index is 0.318. The van der Waals surface area contributed by atoms with Crippen molar-refractivity contribution >= 4 is 16.7 Å². The average molecular weight is 204 g/mol. The number of hydrogen-bond donors (Lipinski definition) is 2. The van der Waals surface area contributed by atoms with Crippen molar-refractivity contribution in [1.82, 2.24) is 9.55 Å². The molecule has 0 unspecified atom stereocenters. The molecular weight excluding hydrogens is 188 g/mol. The highest BCUT2D eigenvalue weighted by Crippen LogP contribution is 2.25. The Morgan fingerprint density at radius 2 is 2.13 bits per heavy atom. The number of fused-ring (bicyclic) bond motifs is 1. The van der Waals surface area contributed by atoms with Gasteiger partial charge >= 0.3 is 0 Å². The van der Waals surface area contributed by atoms with Gasteiger partial charge in [-0.25, -0.2) is 4.98 Å². The van der Waals surface area contributed by atoms with Gasteiger partial charge in [-0.1, -0.05) is 6.07 Å². The van der Waals surface area contributed by atoms with Crippen molar-refractivity contribution in [2.45, 2.75) is 26.4 Å². The van der Waals surface area contributed by atoms with Gasteiger partial charge in [0.15, 0.2) is 0 Å². The SMILES string of the molecule is CC(C)n1c(CN)nc2cccc(N)c21. The standard InChI is InChI=1S/C11H16N4/c1-7(2)15-10(6-12)14-9-5-3-4-8(13)11(9)15/h3-5,7H,6,12-13H2,1-2H3. The Morgan fingerprint density at radius 3 is 2.73 bits per heavy atom. The molecule has 4 heteroatoms. The van der Waals surface area contributed by atoms with Crippen LogP contribution >= 0.6 is 0 Å². The molecule has 0 fully saturated rings. The highest BCUT2D eigenvalue weighted by atomic mass is 15.1. The minimum atomic E-state index is 0.318. The molecule has 0 amide bonds. The van der Waals surface area contributed by atoms with Crippen molar-refractivity contribution < 1.29 is 0 Å². The van der Waals surface area contributed by atoms with Gasteiger partial charge in [0.25, 0.3) is 0 Å². The van der Waals surface area contributed by atoms with Crippen LogP contribution in [0.5, 0.6) is 0 Å². The molecule has 1 heterocycles. The molecule has 4 N–H and O–H groups in total. The van der Waals surface area contributed by atoms with E-state index in [2.05, 4.69) is 23.4 Å². The maximum absolute atomic E-state index is 5.96. The summed E-state index contributed by atoms with van der Waals surface area (Å²) in [4.78, 5) is 4.47. The number of rotatable bonds is 2. The lowest BCUT2D eigenvalue weighted by atomic mass is 10.2. The number of nitrogens with two attached hydrogens (primary N) is 2. The maximum Gasteiger partial charge on any atom is 0.123 e. The average Bonchev–Trinajstić information content (AvgIpc) is 2.57. The third-order valence-electron chi connectivity index (χ3n) is 2.51. The predicted molar refractivity (Wildman–Crippen MR) is 62.4 cm³/mol. The summed E-state index contributed by atoms with van der Waals surface area (Å²) < 4.78 is 2.10. The molecule has 4 nitrogen and oxygen atoms in total. The number of aromatic nitrogens is 2. The fourth-order valence-corrected chi connectivity index (χ4v) is 1.92. The molecule has 1 aromatic heterocycles. The van der Waals surface area contributed by atoms with Crippen LogP contribution in [0.4, 0.5) is 5.69 Å². The van der Waals surface area contributed by atoms with Crippen LogP contribution in [0.25, 0.3) is 11.0 Å². The third-order valence-corrected chi connectivity index (χ3v) is 2.51. The fraction of sp³-hybridized carbons (Fsp3) is 0.364. The zero-order chi connectivity index (χ0) is 11.0. The highest BCUT2D eigenvalue weighted by Gasteiger charge is 2.13. The largest absolute Gasteiger partial charge is 0.397 e. The van der Waals surface area contributed by atoms with Gasteiger partial charge in [0.05, 0.1) is 23.3 Å². The molecule has 0 bridgehead atoms. The van der Waals surface area contributed by atoms with E-state index in [1.54, 1.807) is 0 Å². The lowest BCUT2D eigenvalue weighted by Crippen LogP contribution is -2.10. The quantitative estimate of drug-likeness (QED) is 0.731. The molecule has 2 aromatic rings. The molecule has 0 saturated heterocycles. The first-order valence-electron chi connectivity index (χ1n) is 5.10. The number of nitrogen functional groups attached to an aromatic ring is 1. The molecule has 0 atom stereocenters. The minimum Gasteiger partial charge on any atom is -0.397 e. The normalized spacial score (nSPS) is 11.5. The van der Waals surface area contributed by atoms with Gasteiger partial charge in [0, 0.05) is 6.04 Å². The second-order valence-corrected chi connectivity index (χ2v) is 3.91. The number of imidazole rings is 1. The van der Waals surface area contributed by atoms with Crippen LogP contribution in [0.15, 0.2) is 18.2 Å². The molecule has 15 heavy (non-hydrogen) atoms. The van der Waals surface area contributed by atoms with Crippen LogP contribution in [0.3, 0.4) is 0 Å². The number of anilines is 1. The van der Waals surface area contributed by atoms with E-state index in [1.807, 2.05) is 18.2 Å². The van der Waals surface area contributed by atoms with Crippen LogP contribution in [-0.4, -0.2) is 9.55 Å². The van der Waals surface area contributed by atoms with E-state index in [-0.39, 0.29) is 0 Å². The Morgan fingerprint density at radius 1 is 1.40 bits per heavy atom. The first-order chi connectivity index (χ1) is 7.15. The number of hydrogen-bond acceptors (Lipinski definition) is 3. The molecule has 0 aliphatic heterocycles. The van der Waals surface area contributed by atoms with Crippen molar-refractivity contribution in [1.29, 1.82) is 0 Å². The van der Waals surface area contributed by atoms with Crippen molar-refractivity contribution in [3.05, 3.63) is 24.0 Å². The van der Waals surface area contributed by atoms with Crippen molar-refractivity contribution in [2.24, 2.45) is 5.73 Å². The maximum atomic E-state index is 5.96. The molecule has 1 aromatic carbocycles. The van der Waals surface area contributed by atoms with Crippen LogP contribution in [-0.2, 0) is 6.54 Å². The summed E-state index contributed by atoms with van der Waals surface area (Å²) >= 11 is 0. The number of para-hydroxylation sites is 1. The highest BCUT2D eigenvalue weighted by molar-refractivity contribution is 5.87.